The van der Waals surface area contributed by atoms with Crippen molar-refractivity contribution in [2.24, 2.45) is 0 Å². The molecular weight excluding hydrogens is 268 g/mol. The van der Waals surface area contributed by atoms with Crippen LogP contribution in [0.25, 0.3) is 0 Å². The van der Waals surface area contributed by atoms with Crippen molar-refractivity contribution < 1.29 is 19.0 Å². The fourth-order valence-corrected chi connectivity index (χ4v) is 2.94. The number of esters is 1. The third-order valence-electron chi connectivity index (χ3n) is 4.10. The molecule has 1 atom stereocenters. The minimum atomic E-state index is -0.480. The van der Waals surface area contributed by atoms with Crippen molar-refractivity contribution >= 4 is 5.97 Å². The minimum Gasteiger partial charge on any atom is -0.488 e. The molecule has 0 unspecified atom stereocenters. The number of hydrogen-bond acceptors (Lipinski definition) is 4. The summed E-state index contributed by atoms with van der Waals surface area (Å²) in [5, 5.41) is 0. The monoisotopic (exact) mass is 282 g/mol. The Morgan fingerprint density at radius 1 is 1.19 bits per heavy atom. The van der Waals surface area contributed by atoms with Crippen molar-refractivity contribution in [1.82, 2.24) is 0 Å². The number of hydrogen-bond donors (Lipinski definition) is 0. The van der Waals surface area contributed by atoms with E-state index in [-0.39, 0.29) is 5.97 Å². The Bertz CT molecular complexity index is 731. The minimum absolute atomic E-state index is 0.355. The van der Waals surface area contributed by atoms with E-state index in [1.807, 2.05) is 30.3 Å². The fraction of sp³-hybridized carbons (Fsp3) is 0.235. The van der Waals surface area contributed by atoms with Crippen LogP contribution in [0.5, 0.6) is 5.75 Å². The van der Waals surface area contributed by atoms with Crippen LogP contribution in [0, 0.1) is 0 Å². The van der Waals surface area contributed by atoms with Crippen molar-refractivity contribution in [2.45, 2.75) is 12.2 Å². The molecule has 0 N–H and O–H groups in total. The standard InChI is InChI=1S/C17H14O4/c1-19-16(18)11-6-7-15-14(8-11)17(10-21-17)13-5-3-2-4-12(13)9-20-15/h2-8H,9-10H2,1H3/t17-/m0/s1. The Balaban J connectivity index is 1.91. The summed E-state index contributed by atoms with van der Waals surface area (Å²) in [6, 6.07) is 13.5. The van der Waals surface area contributed by atoms with E-state index in [1.54, 1.807) is 6.07 Å². The maximum absolute atomic E-state index is 11.8. The highest BCUT2D eigenvalue weighted by molar-refractivity contribution is 5.90. The lowest BCUT2D eigenvalue weighted by atomic mass is 9.88. The van der Waals surface area contributed by atoms with Crippen molar-refractivity contribution in [3.8, 4) is 5.75 Å². The van der Waals surface area contributed by atoms with Gasteiger partial charge in [0.1, 0.15) is 18.0 Å². The van der Waals surface area contributed by atoms with Gasteiger partial charge in [0.25, 0.3) is 0 Å². The molecule has 2 heterocycles. The Hall–Kier alpha value is -2.33. The highest BCUT2D eigenvalue weighted by Gasteiger charge is 2.52. The second-order valence-corrected chi connectivity index (χ2v) is 5.26. The zero-order valence-electron chi connectivity index (χ0n) is 11.6. The number of fused-ring (bicyclic) bond motifs is 4. The van der Waals surface area contributed by atoms with Crippen LogP contribution in [0.2, 0.25) is 0 Å². The molecule has 0 radical (unpaired) electrons. The van der Waals surface area contributed by atoms with Crippen molar-refractivity contribution in [2.75, 3.05) is 13.7 Å². The first-order chi connectivity index (χ1) is 10.2. The fourth-order valence-electron chi connectivity index (χ4n) is 2.94. The van der Waals surface area contributed by atoms with Gasteiger partial charge in [0.2, 0.25) is 0 Å². The van der Waals surface area contributed by atoms with Crippen LogP contribution in [-0.2, 0) is 21.7 Å². The highest BCUT2D eigenvalue weighted by Crippen LogP contribution is 2.51. The van der Waals surface area contributed by atoms with Gasteiger partial charge in [-0.25, -0.2) is 4.79 Å². The van der Waals surface area contributed by atoms with Gasteiger partial charge in [-0.2, -0.15) is 0 Å². The van der Waals surface area contributed by atoms with E-state index >= 15 is 0 Å². The van der Waals surface area contributed by atoms with Gasteiger partial charge in [0.15, 0.2) is 0 Å². The summed E-state index contributed by atoms with van der Waals surface area (Å²) in [5.74, 6) is 0.405. The summed E-state index contributed by atoms with van der Waals surface area (Å²) in [7, 11) is 1.38. The molecule has 21 heavy (non-hydrogen) atoms. The smallest absolute Gasteiger partial charge is 0.337 e. The van der Waals surface area contributed by atoms with Crippen LogP contribution in [0.15, 0.2) is 42.5 Å². The quantitative estimate of drug-likeness (QED) is 0.596. The highest BCUT2D eigenvalue weighted by atomic mass is 16.6. The summed E-state index contributed by atoms with van der Waals surface area (Å²) in [5.41, 5.74) is 3.16. The molecule has 4 heteroatoms. The van der Waals surface area contributed by atoms with Gasteiger partial charge in [-0.3, -0.25) is 0 Å². The Morgan fingerprint density at radius 2 is 2.00 bits per heavy atom. The van der Waals surface area contributed by atoms with E-state index < -0.39 is 5.60 Å². The lowest BCUT2D eigenvalue weighted by Gasteiger charge is -2.15. The Labute approximate surface area is 122 Å². The molecule has 1 spiro atoms. The SMILES string of the molecule is COC(=O)c1ccc2c(c1)[C@]1(CO1)c1ccccc1CO2. The second-order valence-electron chi connectivity index (χ2n) is 5.26. The number of carbonyl (C=O) groups excluding carboxylic acids is 1. The van der Waals surface area contributed by atoms with Gasteiger partial charge in [-0.15, -0.1) is 0 Å². The third-order valence-corrected chi connectivity index (χ3v) is 4.10. The lowest BCUT2D eigenvalue weighted by Crippen LogP contribution is -2.13. The van der Waals surface area contributed by atoms with Crippen LogP contribution in [0.1, 0.15) is 27.0 Å². The lowest BCUT2D eigenvalue weighted by molar-refractivity contribution is 0.0600. The molecule has 4 nitrogen and oxygen atoms in total. The van der Waals surface area contributed by atoms with E-state index in [9.17, 15) is 4.79 Å². The normalized spacial score (nSPS) is 21.8. The molecule has 0 saturated carbocycles. The number of carbonyl (C=O) groups is 1. The second kappa shape index (κ2) is 4.33. The summed E-state index contributed by atoms with van der Waals surface area (Å²) in [4.78, 5) is 11.8. The molecule has 4 rings (SSSR count). The summed E-state index contributed by atoms with van der Waals surface area (Å²) in [6.45, 7) is 1.11. The average Bonchev–Trinajstić information content (AvgIpc) is 3.35. The van der Waals surface area contributed by atoms with E-state index in [2.05, 4.69) is 6.07 Å². The average molecular weight is 282 g/mol. The predicted octanol–water partition coefficient (Wildman–Crippen LogP) is 2.64. The van der Waals surface area contributed by atoms with Gasteiger partial charge in [-0.1, -0.05) is 24.3 Å². The zero-order valence-corrected chi connectivity index (χ0v) is 11.6. The first-order valence-electron chi connectivity index (χ1n) is 6.82. The van der Waals surface area contributed by atoms with Crippen molar-refractivity contribution in [3.05, 3.63) is 64.7 Å². The number of epoxide rings is 1. The molecular formula is C17H14O4. The van der Waals surface area contributed by atoms with E-state index in [0.717, 1.165) is 22.4 Å². The maximum atomic E-state index is 11.8. The molecule has 2 aliphatic heterocycles. The number of benzene rings is 2. The number of methoxy groups -OCH3 is 1. The molecule has 1 saturated heterocycles. The number of ether oxygens (including phenoxy) is 3. The molecule has 2 aromatic carbocycles. The van der Waals surface area contributed by atoms with Crippen molar-refractivity contribution in [3.63, 3.8) is 0 Å². The van der Waals surface area contributed by atoms with Crippen molar-refractivity contribution in [1.29, 1.82) is 0 Å². The van der Waals surface area contributed by atoms with Gasteiger partial charge < -0.3 is 14.2 Å². The largest absolute Gasteiger partial charge is 0.488 e. The molecule has 2 aromatic rings. The first-order valence-corrected chi connectivity index (χ1v) is 6.82. The van der Waals surface area contributed by atoms with Crippen LogP contribution in [-0.4, -0.2) is 19.7 Å². The Kier molecular flexibility index (Phi) is 2.56. The molecule has 0 aliphatic carbocycles. The topological polar surface area (TPSA) is 48.1 Å². The zero-order chi connectivity index (χ0) is 14.4. The summed E-state index contributed by atoms with van der Waals surface area (Å²) in [6.07, 6.45) is 0. The molecule has 1 fully saturated rings. The van der Waals surface area contributed by atoms with Crippen LogP contribution >= 0.6 is 0 Å². The van der Waals surface area contributed by atoms with E-state index in [4.69, 9.17) is 14.2 Å². The maximum Gasteiger partial charge on any atom is 0.337 e. The first kappa shape index (κ1) is 12.4. The number of rotatable bonds is 1. The van der Waals surface area contributed by atoms with Gasteiger partial charge in [0, 0.05) is 5.56 Å². The molecule has 106 valence electrons. The molecule has 0 bridgehead atoms. The van der Waals surface area contributed by atoms with E-state index in [1.165, 1.54) is 7.11 Å². The van der Waals surface area contributed by atoms with Crippen LogP contribution < -0.4 is 4.74 Å². The Morgan fingerprint density at radius 3 is 2.76 bits per heavy atom. The van der Waals surface area contributed by atoms with E-state index in [0.29, 0.717) is 18.8 Å². The predicted molar refractivity (Wildman–Crippen MR) is 75.3 cm³/mol. The molecule has 0 aromatic heterocycles. The molecule has 2 aliphatic rings. The van der Waals surface area contributed by atoms with Crippen LogP contribution in [0.3, 0.4) is 0 Å². The van der Waals surface area contributed by atoms with Gasteiger partial charge in [-0.05, 0) is 29.3 Å². The van der Waals surface area contributed by atoms with Gasteiger partial charge >= 0.3 is 5.97 Å². The summed E-state index contributed by atoms with van der Waals surface area (Å²) >= 11 is 0. The molecule has 0 amide bonds. The van der Waals surface area contributed by atoms with Crippen LogP contribution in [0.4, 0.5) is 0 Å². The summed E-state index contributed by atoms with van der Waals surface area (Å²) < 4.78 is 16.5. The third kappa shape index (κ3) is 1.76. The van der Waals surface area contributed by atoms with Gasteiger partial charge in [0.05, 0.1) is 19.3 Å².